The molecule has 22 heavy (non-hydrogen) atoms. The van der Waals surface area contributed by atoms with Gasteiger partial charge in [-0.25, -0.2) is 0 Å². The molecule has 0 aromatic heterocycles. The smallest absolute Gasteiger partial charge is 0.227 e. The average Bonchev–Trinajstić information content (AvgIpc) is 3.07. The molecule has 7 heteroatoms. The van der Waals surface area contributed by atoms with E-state index in [1.54, 1.807) is 16.7 Å². The molecule has 1 unspecified atom stereocenters. The number of benzene rings is 1. The summed E-state index contributed by atoms with van der Waals surface area (Å²) < 4.78 is 0. The van der Waals surface area contributed by atoms with Crippen molar-refractivity contribution < 1.29 is 9.59 Å². The third-order valence-corrected chi connectivity index (χ3v) is 4.26. The predicted molar refractivity (Wildman–Crippen MR) is 82.6 cm³/mol. The Kier molecular flexibility index (Phi) is 3.73. The molecule has 0 radical (unpaired) electrons. The number of azide groups is 1. The maximum Gasteiger partial charge on any atom is 0.227 e. The zero-order valence-corrected chi connectivity index (χ0v) is 12.4. The number of rotatable bonds is 3. The van der Waals surface area contributed by atoms with E-state index < -0.39 is 0 Å². The minimum absolute atomic E-state index is 0.0184. The van der Waals surface area contributed by atoms with Crippen LogP contribution in [0.1, 0.15) is 18.9 Å². The molecule has 1 saturated heterocycles. The van der Waals surface area contributed by atoms with E-state index in [0.717, 1.165) is 23.4 Å². The van der Waals surface area contributed by atoms with Crippen LogP contribution in [0.3, 0.4) is 0 Å². The van der Waals surface area contributed by atoms with Crippen molar-refractivity contribution in [3.63, 3.8) is 0 Å². The second-order valence-electron chi connectivity index (χ2n) is 5.72. The van der Waals surface area contributed by atoms with Gasteiger partial charge in [-0.15, -0.1) is 0 Å². The molecule has 1 fully saturated rings. The van der Waals surface area contributed by atoms with Gasteiger partial charge < -0.3 is 9.80 Å². The highest BCUT2D eigenvalue weighted by Crippen LogP contribution is 2.34. The van der Waals surface area contributed by atoms with Crippen molar-refractivity contribution in [2.24, 2.45) is 11.0 Å². The van der Waals surface area contributed by atoms with E-state index >= 15 is 0 Å². The first-order chi connectivity index (χ1) is 10.6. The van der Waals surface area contributed by atoms with E-state index in [1.807, 2.05) is 18.2 Å². The topological polar surface area (TPSA) is 89.4 Å². The predicted octanol–water partition coefficient (Wildman–Crippen LogP) is 2.26. The lowest BCUT2D eigenvalue weighted by molar-refractivity contribution is -0.117. The SMILES string of the molecule is CC(=O)N1CCc2ccc(N3CC(CN=[N+]=[N-])CC3=O)cc21. The maximum atomic E-state index is 12.2. The molecule has 2 amide bonds. The summed E-state index contributed by atoms with van der Waals surface area (Å²) in [6.07, 6.45) is 1.25. The Bertz CT molecular complexity index is 681. The van der Waals surface area contributed by atoms with Crippen LogP contribution in [-0.2, 0) is 16.0 Å². The third-order valence-electron chi connectivity index (χ3n) is 4.26. The molecule has 0 aliphatic carbocycles. The molecule has 3 rings (SSSR count). The highest BCUT2D eigenvalue weighted by atomic mass is 16.2. The van der Waals surface area contributed by atoms with Gasteiger partial charge in [-0.2, -0.15) is 0 Å². The van der Waals surface area contributed by atoms with Crippen LogP contribution >= 0.6 is 0 Å². The van der Waals surface area contributed by atoms with Crippen LogP contribution in [-0.4, -0.2) is 31.4 Å². The lowest BCUT2D eigenvalue weighted by atomic mass is 10.1. The molecule has 0 bridgehead atoms. The van der Waals surface area contributed by atoms with E-state index in [-0.39, 0.29) is 17.7 Å². The van der Waals surface area contributed by atoms with Crippen molar-refractivity contribution in [1.29, 1.82) is 0 Å². The summed E-state index contributed by atoms with van der Waals surface area (Å²) in [7, 11) is 0. The standard InChI is InChI=1S/C15H17N5O2/c1-10(21)19-5-4-12-2-3-13(7-14(12)19)20-9-11(6-15(20)22)8-17-18-16/h2-3,7,11H,4-6,8-9H2,1H3. The molecule has 1 aromatic rings. The van der Waals surface area contributed by atoms with Crippen LogP contribution < -0.4 is 9.80 Å². The maximum absolute atomic E-state index is 12.2. The van der Waals surface area contributed by atoms with Crippen molar-refractivity contribution in [1.82, 2.24) is 0 Å². The Morgan fingerprint density at radius 1 is 1.50 bits per heavy atom. The lowest BCUT2D eigenvalue weighted by Crippen LogP contribution is -2.27. The molecule has 0 spiro atoms. The third kappa shape index (κ3) is 2.51. The van der Waals surface area contributed by atoms with Gasteiger partial charge in [0.15, 0.2) is 0 Å². The number of hydrogen-bond acceptors (Lipinski definition) is 3. The van der Waals surface area contributed by atoms with E-state index in [9.17, 15) is 9.59 Å². The van der Waals surface area contributed by atoms with E-state index in [1.165, 1.54) is 0 Å². The number of anilines is 2. The van der Waals surface area contributed by atoms with Gasteiger partial charge in [-0.3, -0.25) is 9.59 Å². The van der Waals surface area contributed by atoms with Crippen molar-refractivity contribution in [2.75, 3.05) is 29.4 Å². The minimum atomic E-state index is 0.0184. The second-order valence-corrected chi connectivity index (χ2v) is 5.72. The molecular weight excluding hydrogens is 282 g/mol. The number of hydrogen-bond donors (Lipinski definition) is 0. The first-order valence-corrected chi connectivity index (χ1v) is 7.32. The first kappa shape index (κ1) is 14.4. The highest BCUT2D eigenvalue weighted by Gasteiger charge is 2.31. The number of fused-ring (bicyclic) bond motifs is 1. The Labute approximate surface area is 128 Å². The van der Waals surface area contributed by atoms with Crippen molar-refractivity contribution in [3.8, 4) is 0 Å². The number of nitrogens with zero attached hydrogens (tertiary/aromatic N) is 5. The van der Waals surface area contributed by atoms with Crippen molar-refractivity contribution in [3.05, 3.63) is 34.2 Å². The zero-order chi connectivity index (χ0) is 15.7. The summed E-state index contributed by atoms with van der Waals surface area (Å²) in [5, 5.41) is 3.56. The van der Waals surface area contributed by atoms with Gasteiger partial charge in [0, 0.05) is 49.3 Å². The molecule has 0 saturated carbocycles. The van der Waals surface area contributed by atoms with Crippen LogP contribution in [0.4, 0.5) is 11.4 Å². The molecule has 1 atom stereocenters. The average molecular weight is 299 g/mol. The fourth-order valence-corrected chi connectivity index (χ4v) is 3.17. The second kappa shape index (κ2) is 5.69. The molecule has 1 aromatic carbocycles. The van der Waals surface area contributed by atoms with Gasteiger partial charge in [0.05, 0.1) is 0 Å². The van der Waals surface area contributed by atoms with Crippen LogP contribution in [0.15, 0.2) is 23.3 Å². The Morgan fingerprint density at radius 3 is 3.05 bits per heavy atom. The van der Waals surface area contributed by atoms with Gasteiger partial charge in [0.2, 0.25) is 11.8 Å². The van der Waals surface area contributed by atoms with E-state index in [2.05, 4.69) is 10.0 Å². The van der Waals surface area contributed by atoms with Crippen LogP contribution in [0, 0.1) is 5.92 Å². The van der Waals surface area contributed by atoms with Crippen LogP contribution in [0.25, 0.3) is 10.4 Å². The summed E-state index contributed by atoms with van der Waals surface area (Å²) in [4.78, 5) is 30.1. The highest BCUT2D eigenvalue weighted by molar-refractivity contribution is 5.98. The Morgan fingerprint density at radius 2 is 2.32 bits per heavy atom. The zero-order valence-electron chi connectivity index (χ0n) is 12.4. The number of amides is 2. The summed E-state index contributed by atoms with van der Waals surface area (Å²) in [6.45, 7) is 3.14. The Balaban J connectivity index is 1.84. The lowest BCUT2D eigenvalue weighted by Gasteiger charge is -2.20. The summed E-state index contributed by atoms with van der Waals surface area (Å²) in [6, 6.07) is 5.83. The quantitative estimate of drug-likeness (QED) is 0.486. The van der Waals surface area contributed by atoms with Crippen molar-refractivity contribution in [2.45, 2.75) is 19.8 Å². The Hall–Kier alpha value is -2.53. The molecule has 114 valence electrons. The van der Waals surface area contributed by atoms with Gasteiger partial charge in [0.1, 0.15) is 0 Å². The monoisotopic (exact) mass is 299 g/mol. The molecule has 0 N–H and O–H groups in total. The molecule has 2 aliphatic rings. The van der Waals surface area contributed by atoms with Gasteiger partial charge >= 0.3 is 0 Å². The fourth-order valence-electron chi connectivity index (χ4n) is 3.17. The summed E-state index contributed by atoms with van der Waals surface area (Å²) in [5.74, 6) is 0.107. The first-order valence-electron chi connectivity index (χ1n) is 7.32. The normalized spacial score (nSPS) is 20.0. The summed E-state index contributed by atoms with van der Waals surface area (Å²) in [5.41, 5.74) is 11.2. The fraction of sp³-hybridized carbons (Fsp3) is 0.467. The van der Waals surface area contributed by atoms with Crippen LogP contribution in [0.5, 0.6) is 0 Å². The molecule has 7 nitrogen and oxygen atoms in total. The van der Waals surface area contributed by atoms with Gasteiger partial charge in [0.25, 0.3) is 0 Å². The largest absolute Gasteiger partial charge is 0.312 e. The van der Waals surface area contributed by atoms with Crippen LogP contribution in [0.2, 0.25) is 0 Å². The minimum Gasteiger partial charge on any atom is -0.312 e. The van der Waals surface area contributed by atoms with Gasteiger partial charge in [-0.1, -0.05) is 11.2 Å². The number of carbonyl (C=O) groups is 2. The molecule has 2 heterocycles. The van der Waals surface area contributed by atoms with Gasteiger partial charge in [-0.05, 0) is 35.6 Å². The van der Waals surface area contributed by atoms with E-state index in [0.29, 0.717) is 26.1 Å². The van der Waals surface area contributed by atoms with E-state index in [4.69, 9.17) is 5.53 Å². The van der Waals surface area contributed by atoms with Crippen molar-refractivity contribution >= 4 is 23.2 Å². The number of carbonyl (C=O) groups excluding carboxylic acids is 2. The summed E-state index contributed by atoms with van der Waals surface area (Å²) >= 11 is 0. The molecule has 2 aliphatic heterocycles. The molecular formula is C15H17N5O2.